The van der Waals surface area contributed by atoms with Gasteiger partial charge in [0.1, 0.15) is 0 Å². The highest BCUT2D eigenvalue weighted by Crippen LogP contribution is 2.43. The van der Waals surface area contributed by atoms with E-state index in [1.807, 2.05) is 0 Å². The molecule has 0 aliphatic heterocycles. The molecule has 0 aromatic carbocycles. The summed E-state index contributed by atoms with van der Waals surface area (Å²) in [6.07, 6.45) is -10.5. The average Bonchev–Trinajstić information content (AvgIpc) is 2.48. The second-order valence-electron chi connectivity index (χ2n) is 6.00. The number of carbonyl (C=O) groups excluding carboxylic acids is 1. The third kappa shape index (κ3) is 6.32. The maximum atomic E-state index is 12.4. The van der Waals surface area contributed by atoms with Crippen LogP contribution in [0.1, 0.15) is 46.5 Å². The van der Waals surface area contributed by atoms with Gasteiger partial charge in [-0.3, -0.25) is 4.79 Å². The predicted octanol–water partition coefficient (Wildman–Crippen LogP) is 4.01. The van der Waals surface area contributed by atoms with Gasteiger partial charge in [-0.25, -0.2) is 0 Å². The molecule has 0 aliphatic carbocycles. The maximum Gasteiger partial charge on any atom is 0.428 e. The monoisotopic (exact) mass is 382 g/mol. The normalized spacial score (nSPS) is 15.8. The molecule has 1 unspecified atom stereocenters. The number of hydrogen-bond acceptors (Lipinski definition) is 4. The maximum absolute atomic E-state index is 12.4. The van der Waals surface area contributed by atoms with Crippen molar-refractivity contribution >= 4 is 5.97 Å². The molecule has 0 bridgehead atoms. The van der Waals surface area contributed by atoms with Gasteiger partial charge in [0.2, 0.25) is 0 Å². The molecule has 0 saturated heterocycles. The number of aliphatic hydroxyl groups is 1. The van der Waals surface area contributed by atoms with Crippen LogP contribution in [0.3, 0.4) is 0 Å². The van der Waals surface area contributed by atoms with Gasteiger partial charge >= 0.3 is 18.3 Å². The fraction of sp³-hybridized carbons (Fsp3) is 0.933. The minimum atomic E-state index is -5.89. The summed E-state index contributed by atoms with van der Waals surface area (Å²) in [4.78, 5) is 11.8. The first-order chi connectivity index (χ1) is 11.2. The molecule has 10 heteroatoms. The number of carbonyl (C=O) groups is 1. The molecule has 1 atom stereocenters. The molecule has 0 radical (unpaired) electrons. The number of alkyl halides is 6. The van der Waals surface area contributed by atoms with E-state index in [9.17, 15) is 31.1 Å². The van der Waals surface area contributed by atoms with E-state index in [2.05, 4.69) is 4.74 Å². The number of rotatable bonds is 10. The van der Waals surface area contributed by atoms with E-state index in [1.54, 1.807) is 20.8 Å². The van der Waals surface area contributed by atoms with E-state index in [4.69, 9.17) is 9.84 Å². The van der Waals surface area contributed by atoms with Gasteiger partial charge in [0.15, 0.2) is 0 Å². The highest BCUT2D eigenvalue weighted by Gasteiger charge is 2.70. The minimum Gasteiger partial charge on any atom is -0.466 e. The van der Waals surface area contributed by atoms with Gasteiger partial charge in [-0.1, -0.05) is 13.3 Å². The topological polar surface area (TPSA) is 55.8 Å². The van der Waals surface area contributed by atoms with Crippen molar-refractivity contribution in [2.75, 3.05) is 19.8 Å². The molecule has 1 N–H and O–H groups in total. The van der Waals surface area contributed by atoms with E-state index in [-0.39, 0.29) is 13.0 Å². The van der Waals surface area contributed by atoms with Crippen molar-refractivity contribution in [3.8, 4) is 0 Å². The van der Waals surface area contributed by atoms with E-state index in [0.717, 1.165) is 0 Å². The number of esters is 1. The Hall–Kier alpha value is -1.03. The van der Waals surface area contributed by atoms with Crippen molar-refractivity contribution in [3.63, 3.8) is 0 Å². The van der Waals surface area contributed by atoms with Crippen molar-refractivity contribution in [1.29, 1.82) is 0 Å². The summed E-state index contributed by atoms with van der Waals surface area (Å²) in [6, 6.07) is 0. The summed E-state index contributed by atoms with van der Waals surface area (Å²) >= 11 is 0. The summed E-state index contributed by atoms with van der Waals surface area (Å²) in [6.45, 7) is 2.99. The fourth-order valence-electron chi connectivity index (χ4n) is 1.99. The zero-order chi connectivity index (χ0) is 19.9. The van der Waals surface area contributed by atoms with Crippen LogP contribution < -0.4 is 0 Å². The summed E-state index contributed by atoms with van der Waals surface area (Å²) in [5.41, 5.74) is -5.67. The first-order valence-corrected chi connectivity index (χ1v) is 7.86. The van der Waals surface area contributed by atoms with Gasteiger partial charge in [-0.05, 0) is 33.1 Å². The standard InChI is InChI=1S/C15H24F6O4/c1-4-12(3,11(22)25-5-2)8-6-7-9-24-10-13(23,14(16,17)18)15(19,20)21/h23H,4-10H2,1-3H3. The van der Waals surface area contributed by atoms with Crippen molar-refractivity contribution in [1.82, 2.24) is 0 Å². The number of ether oxygens (including phenoxy) is 2. The molecule has 150 valence electrons. The zero-order valence-electron chi connectivity index (χ0n) is 14.4. The fourth-order valence-corrected chi connectivity index (χ4v) is 1.99. The summed E-state index contributed by atoms with van der Waals surface area (Å²) < 4.78 is 84.0. The first kappa shape index (κ1) is 24.0. The molecule has 0 amide bonds. The van der Waals surface area contributed by atoms with Crippen molar-refractivity contribution in [2.45, 2.75) is 64.4 Å². The Balaban J connectivity index is 4.43. The summed E-state index contributed by atoms with van der Waals surface area (Å²) in [7, 11) is 0. The lowest BCUT2D eigenvalue weighted by atomic mass is 9.82. The molecule has 4 nitrogen and oxygen atoms in total. The third-order valence-corrected chi connectivity index (χ3v) is 4.06. The molecule has 0 aromatic rings. The van der Waals surface area contributed by atoms with Crippen molar-refractivity contribution in [3.05, 3.63) is 0 Å². The zero-order valence-corrected chi connectivity index (χ0v) is 14.4. The van der Waals surface area contributed by atoms with Crippen LogP contribution in [0.25, 0.3) is 0 Å². The molecular formula is C15H24F6O4. The van der Waals surface area contributed by atoms with Gasteiger partial charge in [-0.15, -0.1) is 0 Å². The second kappa shape index (κ2) is 9.07. The Kier molecular flexibility index (Phi) is 8.69. The third-order valence-electron chi connectivity index (χ3n) is 4.06. The van der Waals surface area contributed by atoms with Gasteiger partial charge < -0.3 is 14.6 Å². The largest absolute Gasteiger partial charge is 0.466 e. The number of unbranched alkanes of at least 4 members (excludes halogenated alkanes) is 1. The average molecular weight is 382 g/mol. The van der Waals surface area contributed by atoms with Crippen LogP contribution >= 0.6 is 0 Å². The van der Waals surface area contributed by atoms with Crippen molar-refractivity contribution in [2.24, 2.45) is 5.41 Å². The van der Waals surface area contributed by atoms with E-state index in [1.165, 1.54) is 0 Å². The Morgan fingerprint density at radius 3 is 1.92 bits per heavy atom. The van der Waals surface area contributed by atoms with Crippen molar-refractivity contribution < 1.29 is 45.7 Å². The van der Waals surface area contributed by atoms with Crippen LogP contribution in [-0.4, -0.2) is 48.9 Å². The minimum absolute atomic E-state index is 0.140. The lowest BCUT2D eigenvalue weighted by Gasteiger charge is -2.31. The molecule has 0 rings (SSSR count). The van der Waals surface area contributed by atoms with Gasteiger partial charge in [0.05, 0.1) is 18.6 Å². The molecule has 0 aliphatic rings. The first-order valence-electron chi connectivity index (χ1n) is 7.86. The van der Waals surface area contributed by atoms with Gasteiger partial charge in [0, 0.05) is 6.61 Å². The SMILES string of the molecule is CCOC(=O)C(C)(CC)CCCCOCC(O)(C(F)(F)F)C(F)(F)F. The second-order valence-corrected chi connectivity index (χ2v) is 6.00. The molecule has 25 heavy (non-hydrogen) atoms. The van der Waals surface area contributed by atoms with E-state index < -0.39 is 42.6 Å². The van der Waals surface area contributed by atoms with Crippen LogP contribution in [0, 0.1) is 5.41 Å². The smallest absolute Gasteiger partial charge is 0.428 e. The number of halogens is 6. The Bertz CT molecular complexity index is 407. The van der Waals surface area contributed by atoms with Gasteiger partial charge in [-0.2, -0.15) is 26.3 Å². The molecule has 0 saturated carbocycles. The van der Waals surface area contributed by atoms with Crippen LogP contribution in [0.5, 0.6) is 0 Å². The van der Waals surface area contributed by atoms with E-state index in [0.29, 0.717) is 19.3 Å². The lowest BCUT2D eigenvalue weighted by molar-refractivity contribution is -0.378. The van der Waals surface area contributed by atoms with Gasteiger partial charge in [0.25, 0.3) is 5.60 Å². The summed E-state index contributed by atoms with van der Waals surface area (Å²) in [5.74, 6) is -0.401. The van der Waals surface area contributed by atoms with Crippen LogP contribution in [0.4, 0.5) is 26.3 Å². The molecule has 0 spiro atoms. The Morgan fingerprint density at radius 2 is 1.52 bits per heavy atom. The van der Waals surface area contributed by atoms with Crippen LogP contribution in [0.2, 0.25) is 0 Å². The predicted molar refractivity (Wildman–Crippen MR) is 76.8 cm³/mol. The molecular weight excluding hydrogens is 358 g/mol. The Labute approximate surface area is 142 Å². The molecule has 0 aromatic heterocycles. The van der Waals surface area contributed by atoms with Crippen LogP contribution in [0.15, 0.2) is 0 Å². The quantitative estimate of drug-likeness (QED) is 0.352. The van der Waals surface area contributed by atoms with E-state index >= 15 is 0 Å². The lowest BCUT2D eigenvalue weighted by Crippen LogP contribution is -2.60. The highest BCUT2D eigenvalue weighted by atomic mass is 19.4. The number of hydrogen-bond donors (Lipinski definition) is 1. The molecule has 0 heterocycles. The summed E-state index contributed by atoms with van der Waals surface area (Å²) in [5, 5.41) is 8.90. The molecule has 0 fully saturated rings. The van der Waals surface area contributed by atoms with Crippen LogP contribution in [-0.2, 0) is 14.3 Å². The Morgan fingerprint density at radius 1 is 1.00 bits per heavy atom. The highest BCUT2D eigenvalue weighted by molar-refractivity contribution is 5.76.